The van der Waals surface area contributed by atoms with Gasteiger partial charge in [0.25, 0.3) is 0 Å². The van der Waals surface area contributed by atoms with Crippen molar-refractivity contribution in [3.8, 4) is 5.75 Å². The molecule has 0 amide bonds. The summed E-state index contributed by atoms with van der Waals surface area (Å²) in [6, 6.07) is 6.97. The number of ether oxygens (including phenoxy) is 1. The van der Waals surface area contributed by atoms with E-state index in [-0.39, 0.29) is 12.5 Å². The first-order valence-corrected chi connectivity index (χ1v) is 7.62. The largest absolute Gasteiger partial charge is 0.490 e. The smallest absolute Gasteiger partial charge is 0.305 e. The molecule has 3 N–H and O–H groups in total. The number of hydrogen-bond donors (Lipinski definition) is 2. The van der Waals surface area contributed by atoms with Crippen molar-refractivity contribution in [2.45, 2.75) is 31.4 Å². The molecule has 0 spiro atoms. The van der Waals surface area contributed by atoms with Gasteiger partial charge in [0.1, 0.15) is 11.9 Å². The Hall–Kier alpha value is -1.20. The molecule has 0 bridgehead atoms. The van der Waals surface area contributed by atoms with Gasteiger partial charge in [-0.25, -0.2) is 0 Å². The lowest BCUT2D eigenvalue weighted by atomic mass is 10.0. The predicted molar refractivity (Wildman–Crippen MR) is 76.6 cm³/mol. The van der Waals surface area contributed by atoms with Crippen molar-refractivity contribution in [1.29, 1.82) is 0 Å². The molecule has 2 atom stereocenters. The average molecular weight is 281 g/mol. The number of rotatable bonds is 5. The van der Waals surface area contributed by atoms with Crippen molar-refractivity contribution in [1.82, 2.24) is 0 Å². The average Bonchev–Trinajstić information content (AvgIpc) is 2.40. The highest BCUT2D eigenvalue weighted by atomic mass is 32.2. The summed E-state index contributed by atoms with van der Waals surface area (Å²) in [6.45, 7) is 0. The maximum Gasteiger partial charge on any atom is 0.305 e. The Labute approximate surface area is 117 Å². The van der Waals surface area contributed by atoms with Gasteiger partial charge in [-0.15, -0.1) is 0 Å². The van der Waals surface area contributed by atoms with E-state index in [0.29, 0.717) is 0 Å². The molecule has 1 heterocycles. The van der Waals surface area contributed by atoms with Gasteiger partial charge in [-0.1, -0.05) is 12.1 Å². The number of carboxylic acid groups (broad SMARTS) is 1. The predicted octanol–water partition coefficient (Wildman–Crippen LogP) is 2.44. The van der Waals surface area contributed by atoms with Crippen LogP contribution in [-0.2, 0) is 4.79 Å². The first-order valence-electron chi connectivity index (χ1n) is 6.47. The lowest BCUT2D eigenvalue weighted by Gasteiger charge is -2.22. The minimum atomic E-state index is -0.882. The van der Waals surface area contributed by atoms with Crippen LogP contribution in [0.3, 0.4) is 0 Å². The quantitative estimate of drug-likeness (QED) is 0.867. The van der Waals surface area contributed by atoms with Crippen LogP contribution in [0, 0.1) is 0 Å². The van der Waals surface area contributed by atoms with Gasteiger partial charge in [0.2, 0.25) is 0 Å². The fraction of sp³-hybridized carbons (Fsp3) is 0.500. The van der Waals surface area contributed by atoms with E-state index in [4.69, 9.17) is 15.6 Å². The second kappa shape index (κ2) is 6.82. The van der Waals surface area contributed by atoms with Crippen LogP contribution in [0.2, 0.25) is 0 Å². The van der Waals surface area contributed by atoms with Gasteiger partial charge in [-0.05, 0) is 36.3 Å². The molecule has 1 aliphatic rings. The van der Waals surface area contributed by atoms with E-state index >= 15 is 0 Å². The summed E-state index contributed by atoms with van der Waals surface area (Å²) >= 11 is 1.93. The third-order valence-electron chi connectivity index (χ3n) is 3.12. The van der Waals surface area contributed by atoms with Gasteiger partial charge in [0.05, 0.1) is 6.42 Å². The summed E-state index contributed by atoms with van der Waals surface area (Å²) in [6.07, 6.45) is 2.54. The summed E-state index contributed by atoms with van der Waals surface area (Å²) in [7, 11) is 0. The number of thioether (sulfide) groups is 1. The molecule has 1 aromatic rings. The van der Waals surface area contributed by atoms with Crippen molar-refractivity contribution >= 4 is 17.7 Å². The van der Waals surface area contributed by atoms with E-state index in [0.717, 1.165) is 23.5 Å². The minimum absolute atomic E-state index is 0.0561. The molecular weight excluding hydrogens is 262 g/mol. The lowest BCUT2D eigenvalue weighted by molar-refractivity contribution is -0.137. The highest BCUT2D eigenvalue weighted by Crippen LogP contribution is 2.24. The molecule has 4 nitrogen and oxygen atoms in total. The fourth-order valence-corrected chi connectivity index (χ4v) is 3.13. The molecule has 2 rings (SSSR count). The number of carboxylic acids is 1. The van der Waals surface area contributed by atoms with Crippen LogP contribution in [0.1, 0.15) is 30.9 Å². The topological polar surface area (TPSA) is 72.6 Å². The molecular formula is C14H19NO3S. The normalized spacial score (nSPS) is 20.8. The Morgan fingerprint density at radius 1 is 1.47 bits per heavy atom. The van der Waals surface area contributed by atoms with Crippen LogP contribution in [0.4, 0.5) is 0 Å². The lowest BCUT2D eigenvalue weighted by Crippen LogP contribution is -2.23. The Kier molecular flexibility index (Phi) is 5.10. The third-order valence-corrected chi connectivity index (χ3v) is 4.31. The Morgan fingerprint density at radius 3 is 2.79 bits per heavy atom. The van der Waals surface area contributed by atoms with E-state index in [1.807, 2.05) is 36.0 Å². The summed E-state index contributed by atoms with van der Waals surface area (Å²) in [4.78, 5) is 10.6. The summed E-state index contributed by atoms with van der Waals surface area (Å²) in [5, 5.41) is 8.71. The van der Waals surface area contributed by atoms with Crippen LogP contribution >= 0.6 is 11.8 Å². The number of hydrogen-bond acceptors (Lipinski definition) is 4. The van der Waals surface area contributed by atoms with Crippen molar-refractivity contribution in [2.75, 3.05) is 11.5 Å². The molecule has 1 aliphatic heterocycles. The first-order chi connectivity index (χ1) is 9.15. The molecule has 5 heteroatoms. The van der Waals surface area contributed by atoms with Gasteiger partial charge < -0.3 is 15.6 Å². The molecule has 104 valence electrons. The molecule has 1 aromatic carbocycles. The maximum absolute atomic E-state index is 10.6. The SMILES string of the molecule is NC(CC(=O)O)c1ccc(OC2CCCSC2)cc1. The highest BCUT2D eigenvalue weighted by molar-refractivity contribution is 7.99. The first kappa shape index (κ1) is 14.2. The monoisotopic (exact) mass is 281 g/mol. The van der Waals surface area contributed by atoms with Gasteiger partial charge in [0.15, 0.2) is 0 Å². The van der Waals surface area contributed by atoms with E-state index in [9.17, 15) is 4.79 Å². The number of aliphatic carboxylic acids is 1. The Bertz CT molecular complexity index is 415. The molecule has 2 unspecified atom stereocenters. The Balaban J connectivity index is 1.92. The molecule has 0 aliphatic carbocycles. The molecule has 0 radical (unpaired) electrons. The minimum Gasteiger partial charge on any atom is -0.490 e. The molecule has 19 heavy (non-hydrogen) atoms. The zero-order chi connectivity index (χ0) is 13.7. The van der Waals surface area contributed by atoms with Crippen molar-refractivity contribution in [2.24, 2.45) is 5.73 Å². The second-order valence-electron chi connectivity index (χ2n) is 4.73. The zero-order valence-electron chi connectivity index (χ0n) is 10.7. The summed E-state index contributed by atoms with van der Waals surface area (Å²) in [5.74, 6) is 2.22. The van der Waals surface area contributed by atoms with Gasteiger partial charge in [-0.2, -0.15) is 11.8 Å². The van der Waals surface area contributed by atoms with E-state index in [2.05, 4.69) is 0 Å². The van der Waals surface area contributed by atoms with Crippen LogP contribution < -0.4 is 10.5 Å². The summed E-state index contributed by atoms with van der Waals surface area (Å²) in [5.41, 5.74) is 6.63. The van der Waals surface area contributed by atoms with E-state index < -0.39 is 12.0 Å². The number of carbonyl (C=O) groups is 1. The van der Waals surface area contributed by atoms with Crippen molar-refractivity contribution < 1.29 is 14.6 Å². The molecule has 0 saturated carbocycles. The fourth-order valence-electron chi connectivity index (χ4n) is 2.10. The number of nitrogens with two attached hydrogens (primary N) is 1. The van der Waals surface area contributed by atoms with Crippen molar-refractivity contribution in [3.63, 3.8) is 0 Å². The van der Waals surface area contributed by atoms with E-state index in [1.165, 1.54) is 12.2 Å². The standard InChI is InChI=1S/C14H19NO3S/c15-13(8-14(16)17)10-3-5-11(6-4-10)18-12-2-1-7-19-9-12/h3-6,12-13H,1-2,7-9,15H2,(H,16,17). The number of benzene rings is 1. The van der Waals surface area contributed by atoms with Gasteiger partial charge in [-0.3, -0.25) is 4.79 Å². The highest BCUT2D eigenvalue weighted by Gasteiger charge is 2.15. The zero-order valence-corrected chi connectivity index (χ0v) is 11.6. The van der Waals surface area contributed by atoms with Crippen molar-refractivity contribution in [3.05, 3.63) is 29.8 Å². The van der Waals surface area contributed by atoms with E-state index in [1.54, 1.807) is 0 Å². The Morgan fingerprint density at radius 2 is 2.21 bits per heavy atom. The van der Waals surface area contributed by atoms with Crippen LogP contribution in [0.25, 0.3) is 0 Å². The summed E-state index contributed by atoms with van der Waals surface area (Å²) < 4.78 is 5.89. The van der Waals surface area contributed by atoms with Crippen LogP contribution in [0.15, 0.2) is 24.3 Å². The van der Waals surface area contributed by atoms with Gasteiger partial charge >= 0.3 is 5.97 Å². The third kappa shape index (κ3) is 4.44. The van der Waals surface area contributed by atoms with Crippen LogP contribution in [0.5, 0.6) is 5.75 Å². The molecule has 1 fully saturated rings. The maximum atomic E-state index is 10.6. The van der Waals surface area contributed by atoms with Gasteiger partial charge in [0, 0.05) is 11.8 Å². The molecule has 1 saturated heterocycles. The van der Waals surface area contributed by atoms with Crippen LogP contribution in [-0.4, -0.2) is 28.7 Å². The molecule has 0 aromatic heterocycles. The second-order valence-corrected chi connectivity index (χ2v) is 5.88.